The molecule has 0 aliphatic heterocycles. The van der Waals surface area contributed by atoms with Crippen LogP contribution in [0.2, 0.25) is 0 Å². The van der Waals surface area contributed by atoms with Crippen molar-refractivity contribution in [1.82, 2.24) is 4.57 Å². The summed E-state index contributed by atoms with van der Waals surface area (Å²) >= 11 is 0. The van der Waals surface area contributed by atoms with Gasteiger partial charge in [-0.1, -0.05) is 31.5 Å². The number of hydrogen-bond acceptors (Lipinski definition) is 3. The van der Waals surface area contributed by atoms with Gasteiger partial charge < -0.3 is 14.6 Å². The van der Waals surface area contributed by atoms with E-state index in [-0.39, 0.29) is 5.91 Å². The van der Waals surface area contributed by atoms with E-state index in [1.165, 1.54) is 0 Å². The highest BCUT2D eigenvalue weighted by atomic mass is 16.5. The molecule has 0 saturated heterocycles. The minimum Gasteiger partial charge on any atom is -0.497 e. The molecule has 0 aliphatic rings. The van der Waals surface area contributed by atoms with Crippen LogP contribution < -0.4 is 10.1 Å². The zero-order chi connectivity index (χ0) is 19.3. The first-order chi connectivity index (χ1) is 12.5. The van der Waals surface area contributed by atoms with Crippen molar-refractivity contribution >= 4 is 22.6 Å². The van der Waals surface area contributed by atoms with Crippen molar-refractivity contribution < 1.29 is 9.53 Å². The van der Waals surface area contributed by atoms with Gasteiger partial charge in [0, 0.05) is 24.1 Å². The predicted octanol–water partition coefficient (Wildman–Crippen LogP) is 4.65. The third-order valence-corrected chi connectivity index (χ3v) is 4.03. The molecular weight excluding hydrogens is 326 g/mol. The molecule has 134 valence electrons. The Morgan fingerprint density at radius 2 is 1.92 bits per heavy atom. The number of ether oxygens (including phenoxy) is 1. The molecule has 0 bridgehead atoms. The Morgan fingerprint density at radius 3 is 2.54 bits per heavy atom. The van der Waals surface area contributed by atoms with Crippen molar-refractivity contribution in [1.29, 1.82) is 5.26 Å². The van der Waals surface area contributed by atoms with Gasteiger partial charge in [0.25, 0.3) is 5.91 Å². The Kier molecular flexibility index (Phi) is 6.03. The number of anilines is 1. The monoisotopic (exact) mass is 349 g/mol. The van der Waals surface area contributed by atoms with Crippen molar-refractivity contribution in [3.05, 3.63) is 59.2 Å². The average molecular weight is 349 g/mol. The third kappa shape index (κ3) is 3.55. The fourth-order valence-electron chi connectivity index (χ4n) is 2.77. The highest BCUT2D eigenvalue weighted by Gasteiger charge is 2.18. The molecule has 0 aliphatic carbocycles. The third-order valence-electron chi connectivity index (χ3n) is 4.03. The molecule has 5 heteroatoms. The number of carbonyl (C=O) groups is 1. The normalized spacial score (nSPS) is 9.85. The molecule has 1 amide bonds. The average Bonchev–Trinajstić information content (AvgIpc) is 2.94. The van der Waals surface area contributed by atoms with Gasteiger partial charge in [-0.3, -0.25) is 4.79 Å². The highest BCUT2D eigenvalue weighted by molar-refractivity contribution is 6.07. The fraction of sp³-hybridized carbons (Fsp3) is 0.238. The molecule has 2 aromatic carbocycles. The Morgan fingerprint density at radius 1 is 1.19 bits per heavy atom. The van der Waals surface area contributed by atoms with Crippen molar-refractivity contribution in [3.8, 4) is 11.8 Å². The first-order valence-electron chi connectivity index (χ1n) is 8.49. The first-order valence-corrected chi connectivity index (χ1v) is 8.49. The molecule has 3 rings (SSSR count). The maximum Gasteiger partial charge on any atom is 0.256 e. The van der Waals surface area contributed by atoms with Crippen molar-refractivity contribution in [2.24, 2.45) is 7.05 Å². The standard InChI is InChI=1S/C19H17N3O2.C2H6/c1-12-5-4-6-13(9-12)19(23)21-18-16(11-20)15-8-7-14(24-3)10-17(15)22(18)2;1-2/h4-10H,1-3H3,(H,21,23);1-2H3. The summed E-state index contributed by atoms with van der Waals surface area (Å²) in [5, 5.41) is 13.2. The number of amides is 1. The van der Waals surface area contributed by atoms with Gasteiger partial charge in [-0.2, -0.15) is 5.26 Å². The number of hydrogen-bond donors (Lipinski definition) is 1. The van der Waals surface area contributed by atoms with Gasteiger partial charge in [-0.15, -0.1) is 0 Å². The summed E-state index contributed by atoms with van der Waals surface area (Å²) in [6, 6.07) is 15.0. The number of rotatable bonds is 3. The molecule has 5 nitrogen and oxygen atoms in total. The SMILES string of the molecule is CC.COc1ccc2c(C#N)c(NC(=O)c3cccc(C)c3)n(C)c2c1. The van der Waals surface area contributed by atoms with Gasteiger partial charge in [0.1, 0.15) is 23.2 Å². The van der Waals surface area contributed by atoms with E-state index in [2.05, 4.69) is 11.4 Å². The molecule has 1 N–H and O–H groups in total. The van der Waals surface area contributed by atoms with Crippen LogP contribution in [0.25, 0.3) is 10.9 Å². The van der Waals surface area contributed by atoms with Crippen molar-refractivity contribution in [3.63, 3.8) is 0 Å². The molecule has 0 spiro atoms. The van der Waals surface area contributed by atoms with Crippen LogP contribution in [-0.2, 0) is 7.05 Å². The van der Waals surface area contributed by atoms with Crippen molar-refractivity contribution in [2.45, 2.75) is 20.8 Å². The topological polar surface area (TPSA) is 67.0 Å². The first kappa shape index (κ1) is 19.1. The minimum absolute atomic E-state index is 0.243. The summed E-state index contributed by atoms with van der Waals surface area (Å²) in [5.74, 6) is 0.935. The number of nitrogens with one attached hydrogen (secondary N) is 1. The number of aromatic nitrogens is 1. The Bertz CT molecular complexity index is 981. The number of nitrogens with zero attached hydrogens (tertiary/aromatic N) is 2. The molecule has 0 saturated carbocycles. The Balaban J connectivity index is 0.00000117. The van der Waals surface area contributed by atoms with Gasteiger partial charge in [0.05, 0.1) is 12.6 Å². The van der Waals surface area contributed by atoms with E-state index in [0.29, 0.717) is 22.7 Å². The summed E-state index contributed by atoms with van der Waals surface area (Å²) in [7, 11) is 3.41. The van der Waals surface area contributed by atoms with Gasteiger partial charge in [0.15, 0.2) is 0 Å². The van der Waals surface area contributed by atoms with Gasteiger partial charge in [-0.05, 0) is 31.2 Å². The van der Waals surface area contributed by atoms with Gasteiger partial charge >= 0.3 is 0 Å². The van der Waals surface area contributed by atoms with Crippen LogP contribution in [0.4, 0.5) is 5.82 Å². The summed E-state index contributed by atoms with van der Waals surface area (Å²) in [6.07, 6.45) is 0. The van der Waals surface area contributed by atoms with Crippen LogP contribution in [0.3, 0.4) is 0 Å². The van der Waals surface area contributed by atoms with Crippen molar-refractivity contribution in [2.75, 3.05) is 12.4 Å². The molecule has 26 heavy (non-hydrogen) atoms. The largest absolute Gasteiger partial charge is 0.497 e. The van der Waals surface area contributed by atoms with Crippen LogP contribution in [0.5, 0.6) is 5.75 Å². The molecule has 0 radical (unpaired) electrons. The molecular formula is C21H23N3O2. The lowest BCUT2D eigenvalue weighted by molar-refractivity contribution is 0.102. The highest BCUT2D eigenvalue weighted by Crippen LogP contribution is 2.31. The molecule has 0 unspecified atom stereocenters. The van der Waals surface area contributed by atoms with E-state index >= 15 is 0 Å². The fourth-order valence-corrected chi connectivity index (χ4v) is 2.77. The second-order valence-electron chi connectivity index (χ2n) is 5.60. The molecule has 1 aromatic heterocycles. The van der Waals surface area contributed by atoms with E-state index in [1.807, 2.05) is 58.2 Å². The zero-order valence-electron chi connectivity index (χ0n) is 15.8. The number of carbonyl (C=O) groups excluding carboxylic acids is 1. The Hall–Kier alpha value is -3.26. The van der Waals surface area contributed by atoms with Crippen LogP contribution in [0, 0.1) is 18.3 Å². The summed E-state index contributed by atoms with van der Waals surface area (Å²) < 4.78 is 7.04. The quantitative estimate of drug-likeness (QED) is 0.749. The molecule has 1 heterocycles. The van der Waals surface area contributed by atoms with E-state index < -0.39 is 0 Å². The lowest BCUT2D eigenvalue weighted by Crippen LogP contribution is -2.15. The maximum atomic E-state index is 12.5. The van der Waals surface area contributed by atoms with Crippen LogP contribution in [0.15, 0.2) is 42.5 Å². The van der Waals surface area contributed by atoms with E-state index in [1.54, 1.807) is 23.8 Å². The smallest absolute Gasteiger partial charge is 0.256 e. The van der Waals surface area contributed by atoms with Crippen LogP contribution in [0.1, 0.15) is 35.3 Å². The maximum absolute atomic E-state index is 12.5. The second-order valence-corrected chi connectivity index (χ2v) is 5.60. The number of fused-ring (bicyclic) bond motifs is 1. The van der Waals surface area contributed by atoms with Crippen LogP contribution >= 0.6 is 0 Å². The molecule has 0 fully saturated rings. The van der Waals surface area contributed by atoms with Gasteiger partial charge in [0.2, 0.25) is 0 Å². The lowest BCUT2D eigenvalue weighted by Gasteiger charge is -2.08. The lowest BCUT2D eigenvalue weighted by atomic mass is 10.1. The summed E-state index contributed by atoms with van der Waals surface area (Å²) in [5.41, 5.74) is 2.83. The minimum atomic E-state index is -0.243. The number of benzene rings is 2. The van der Waals surface area contributed by atoms with E-state index in [9.17, 15) is 10.1 Å². The van der Waals surface area contributed by atoms with Gasteiger partial charge in [-0.25, -0.2) is 0 Å². The summed E-state index contributed by atoms with van der Waals surface area (Å²) in [6.45, 7) is 5.93. The van der Waals surface area contributed by atoms with E-state index in [4.69, 9.17) is 4.74 Å². The number of nitriles is 1. The summed E-state index contributed by atoms with van der Waals surface area (Å²) in [4.78, 5) is 12.5. The molecule has 3 aromatic rings. The zero-order valence-corrected chi connectivity index (χ0v) is 15.8. The van der Waals surface area contributed by atoms with E-state index in [0.717, 1.165) is 16.5 Å². The predicted molar refractivity (Wildman–Crippen MR) is 105 cm³/mol. The Labute approximate surface area is 153 Å². The second kappa shape index (κ2) is 8.21. The van der Waals surface area contributed by atoms with Crippen LogP contribution in [-0.4, -0.2) is 17.6 Å². The number of aryl methyl sites for hydroxylation is 2. The number of methoxy groups -OCH3 is 1. The molecule has 0 atom stereocenters.